The highest BCUT2D eigenvalue weighted by atomic mass is 16.5. The summed E-state index contributed by atoms with van der Waals surface area (Å²) in [6.07, 6.45) is 0.476. The number of fused-ring (bicyclic) bond motifs is 1. The first kappa shape index (κ1) is 15.5. The van der Waals surface area contributed by atoms with Gasteiger partial charge in [-0.25, -0.2) is 0 Å². The molecule has 0 bridgehead atoms. The molecule has 0 saturated heterocycles. The van der Waals surface area contributed by atoms with Gasteiger partial charge < -0.3 is 20.1 Å². The zero-order valence-corrected chi connectivity index (χ0v) is 12.7. The molecule has 1 unspecified atom stereocenters. The topological polar surface area (TPSA) is 74.3 Å². The van der Waals surface area contributed by atoms with E-state index in [4.69, 9.17) is 9.84 Å². The predicted molar refractivity (Wildman–Crippen MR) is 82.6 cm³/mol. The van der Waals surface area contributed by atoms with Gasteiger partial charge in [0.15, 0.2) is 0 Å². The molecule has 114 valence electrons. The second kappa shape index (κ2) is 6.74. The first-order valence-electron chi connectivity index (χ1n) is 7.06. The third-order valence-electron chi connectivity index (χ3n) is 3.75. The first-order chi connectivity index (χ1) is 10.1. The van der Waals surface area contributed by atoms with Crippen molar-refractivity contribution in [1.29, 1.82) is 0 Å². The minimum atomic E-state index is -0.183. The van der Waals surface area contributed by atoms with Crippen LogP contribution in [0.2, 0.25) is 0 Å². The fraction of sp³-hybridized carbons (Fsp3) is 0.438. The van der Waals surface area contributed by atoms with E-state index in [9.17, 15) is 4.79 Å². The largest absolute Gasteiger partial charge is 0.396 e. The van der Waals surface area contributed by atoms with Gasteiger partial charge in [-0.3, -0.25) is 4.79 Å². The van der Waals surface area contributed by atoms with Crippen molar-refractivity contribution >= 4 is 16.8 Å². The van der Waals surface area contributed by atoms with Crippen LogP contribution in [0.4, 0.5) is 0 Å². The van der Waals surface area contributed by atoms with E-state index >= 15 is 0 Å². The van der Waals surface area contributed by atoms with Crippen LogP contribution in [0.3, 0.4) is 0 Å². The van der Waals surface area contributed by atoms with E-state index in [0.717, 1.165) is 22.2 Å². The van der Waals surface area contributed by atoms with Crippen LogP contribution < -0.4 is 5.32 Å². The molecule has 21 heavy (non-hydrogen) atoms. The Hall–Kier alpha value is -1.85. The molecule has 0 aliphatic carbocycles. The number of rotatable bonds is 6. The van der Waals surface area contributed by atoms with Crippen LogP contribution >= 0.6 is 0 Å². The van der Waals surface area contributed by atoms with Gasteiger partial charge >= 0.3 is 0 Å². The molecule has 2 rings (SSSR count). The molecule has 1 heterocycles. The van der Waals surface area contributed by atoms with Gasteiger partial charge in [-0.05, 0) is 44.0 Å². The van der Waals surface area contributed by atoms with Crippen LogP contribution in [0.1, 0.15) is 28.0 Å². The molecule has 1 aromatic carbocycles. The van der Waals surface area contributed by atoms with Gasteiger partial charge in [0.05, 0.1) is 12.6 Å². The fourth-order valence-electron chi connectivity index (χ4n) is 2.43. The molecule has 0 radical (unpaired) electrons. The summed E-state index contributed by atoms with van der Waals surface area (Å²) in [5.74, 6) is -0.148. The molecule has 1 aromatic heterocycles. The summed E-state index contributed by atoms with van der Waals surface area (Å²) in [4.78, 5) is 15.6. The number of carbonyl (C=O) groups is 1. The van der Waals surface area contributed by atoms with Crippen molar-refractivity contribution in [3.63, 3.8) is 0 Å². The van der Waals surface area contributed by atoms with E-state index in [-0.39, 0.29) is 18.6 Å². The number of carbonyl (C=O) groups excluding carboxylic acids is 1. The van der Waals surface area contributed by atoms with Crippen LogP contribution in [0.25, 0.3) is 10.9 Å². The molecule has 3 N–H and O–H groups in total. The minimum absolute atomic E-state index is 0.0173. The van der Waals surface area contributed by atoms with Crippen molar-refractivity contribution < 1.29 is 14.6 Å². The van der Waals surface area contributed by atoms with E-state index in [1.54, 1.807) is 13.2 Å². The zero-order valence-electron chi connectivity index (χ0n) is 12.7. The predicted octanol–water partition coefficient (Wildman–Crippen LogP) is 1.91. The van der Waals surface area contributed by atoms with Crippen LogP contribution in [-0.4, -0.2) is 42.4 Å². The van der Waals surface area contributed by atoms with Crippen LogP contribution in [0, 0.1) is 13.8 Å². The number of methoxy groups -OCH3 is 1. The van der Waals surface area contributed by atoms with E-state index in [1.165, 1.54) is 0 Å². The highest BCUT2D eigenvalue weighted by Crippen LogP contribution is 2.22. The summed E-state index contributed by atoms with van der Waals surface area (Å²) >= 11 is 0. The van der Waals surface area contributed by atoms with Crippen molar-refractivity contribution in [3.8, 4) is 0 Å². The van der Waals surface area contributed by atoms with Crippen molar-refractivity contribution in [2.45, 2.75) is 26.3 Å². The normalized spacial score (nSPS) is 12.6. The van der Waals surface area contributed by atoms with Gasteiger partial charge in [0.2, 0.25) is 0 Å². The van der Waals surface area contributed by atoms with Gasteiger partial charge in [-0.15, -0.1) is 0 Å². The molecule has 2 aromatic rings. The Kier molecular flexibility index (Phi) is 4.98. The van der Waals surface area contributed by atoms with E-state index in [0.29, 0.717) is 18.6 Å². The second-order valence-electron chi connectivity index (χ2n) is 5.27. The minimum Gasteiger partial charge on any atom is -0.396 e. The maximum absolute atomic E-state index is 12.3. The molecule has 0 fully saturated rings. The number of H-pyrrole nitrogens is 1. The lowest BCUT2D eigenvalue weighted by molar-refractivity contribution is 0.0879. The second-order valence-corrected chi connectivity index (χ2v) is 5.27. The summed E-state index contributed by atoms with van der Waals surface area (Å²) < 4.78 is 5.06. The molecule has 5 nitrogen and oxygen atoms in total. The quantitative estimate of drug-likeness (QED) is 0.761. The van der Waals surface area contributed by atoms with E-state index in [1.807, 2.05) is 26.0 Å². The van der Waals surface area contributed by atoms with Gasteiger partial charge in [-0.2, -0.15) is 0 Å². The Morgan fingerprint density at radius 2 is 2.19 bits per heavy atom. The van der Waals surface area contributed by atoms with Gasteiger partial charge in [0, 0.05) is 35.9 Å². The summed E-state index contributed by atoms with van der Waals surface area (Å²) in [7, 11) is 1.58. The Labute approximate surface area is 124 Å². The number of benzene rings is 1. The number of aliphatic hydroxyl groups is 1. The molecule has 0 spiro atoms. The van der Waals surface area contributed by atoms with Crippen molar-refractivity contribution in [2.24, 2.45) is 0 Å². The Morgan fingerprint density at radius 3 is 2.86 bits per heavy atom. The number of ether oxygens (including phenoxy) is 1. The number of aryl methyl sites for hydroxylation is 2. The Bertz CT molecular complexity index is 628. The molecule has 0 aliphatic heterocycles. The maximum atomic E-state index is 12.3. The Balaban J connectivity index is 2.20. The molecule has 0 saturated carbocycles. The molecule has 0 aliphatic rings. The van der Waals surface area contributed by atoms with Crippen molar-refractivity contribution in [2.75, 3.05) is 20.3 Å². The van der Waals surface area contributed by atoms with E-state index < -0.39 is 0 Å². The van der Waals surface area contributed by atoms with Crippen LogP contribution in [0.5, 0.6) is 0 Å². The SMILES string of the molecule is COCC(CCO)NC(=O)c1ccc2[nH]c(C)c(C)c2c1. The average Bonchev–Trinajstić information content (AvgIpc) is 2.74. The van der Waals surface area contributed by atoms with E-state index in [2.05, 4.69) is 10.3 Å². The highest BCUT2D eigenvalue weighted by Gasteiger charge is 2.14. The number of amides is 1. The lowest BCUT2D eigenvalue weighted by atomic mass is 10.1. The van der Waals surface area contributed by atoms with Gasteiger partial charge in [-0.1, -0.05) is 0 Å². The third-order valence-corrected chi connectivity index (χ3v) is 3.75. The molecule has 1 amide bonds. The lowest BCUT2D eigenvalue weighted by Gasteiger charge is -2.16. The highest BCUT2D eigenvalue weighted by molar-refractivity contribution is 5.99. The summed E-state index contributed by atoms with van der Waals surface area (Å²) in [5.41, 5.74) is 3.91. The number of aliphatic hydroxyl groups excluding tert-OH is 1. The number of aromatic nitrogens is 1. The number of hydrogen-bond acceptors (Lipinski definition) is 3. The zero-order chi connectivity index (χ0) is 15.4. The number of hydrogen-bond donors (Lipinski definition) is 3. The molecule has 1 atom stereocenters. The Morgan fingerprint density at radius 1 is 1.43 bits per heavy atom. The van der Waals surface area contributed by atoms with Gasteiger partial charge in [0.1, 0.15) is 0 Å². The molecular formula is C16H22N2O3. The van der Waals surface area contributed by atoms with Crippen LogP contribution in [0.15, 0.2) is 18.2 Å². The molecular weight excluding hydrogens is 268 g/mol. The summed E-state index contributed by atoms with van der Waals surface area (Å²) in [6.45, 7) is 4.46. The molecule has 5 heteroatoms. The van der Waals surface area contributed by atoms with Crippen molar-refractivity contribution in [1.82, 2.24) is 10.3 Å². The van der Waals surface area contributed by atoms with Crippen molar-refractivity contribution in [3.05, 3.63) is 35.0 Å². The third kappa shape index (κ3) is 3.43. The smallest absolute Gasteiger partial charge is 0.251 e. The van der Waals surface area contributed by atoms with Crippen LogP contribution in [-0.2, 0) is 4.74 Å². The lowest BCUT2D eigenvalue weighted by Crippen LogP contribution is -2.38. The monoisotopic (exact) mass is 290 g/mol. The number of aromatic amines is 1. The first-order valence-corrected chi connectivity index (χ1v) is 7.06. The standard InChI is InChI=1S/C16H22N2O3/c1-10-11(2)17-15-5-4-12(8-14(10)15)16(20)18-13(6-7-19)9-21-3/h4-5,8,13,17,19H,6-7,9H2,1-3H3,(H,18,20). The fourth-order valence-corrected chi connectivity index (χ4v) is 2.43. The summed E-state index contributed by atoms with van der Waals surface area (Å²) in [5, 5.41) is 13.0. The number of nitrogens with one attached hydrogen (secondary N) is 2. The maximum Gasteiger partial charge on any atom is 0.251 e. The summed E-state index contributed by atoms with van der Waals surface area (Å²) in [6, 6.07) is 5.43. The average molecular weight is 290 g/mol. The van der Waals surface area contributed by atoms with Gasteiger partial charge in [0.25, 0.3) is 5.91 Å².